The van der Waals surface area contributed by atoms with E-state index in [4.69, 9.17) is 13.1 Å². The van der Waals surface area contributed by atoms with E-state index in [9.17, 15) is 16.8 Å². The number of anilines is 2. The maximum absolute atomic E-state index is 13.8. The quantitative estimate of drug-likeness (QED) is 0.325. The molecule has 2 aromatic rings. The normalized spacial score (nSPS) is 18.3. The molecular weight excluding hydrogens is 580 g/mol. The number of rotatable bonds is 12. The molecule has 2 aromatic carbocycles. The molecule has 1 atom stereocenters. The van der Waals surface area contributed by atoms with Gasteiger partial charge in [-0.2, -0.15) is 16.8 Å². The van der Waals surface area contributed by atoms with E-state index in [0.29, 0.717) is 17.7 Å². The van der Waals surface area contributed by atoms with Crippen molar-refractivity contribution in [3.63, 3.8) is 0 Å². The number of methoxy groups -OCH3 is 1. The van der Waals surface area contributed by atoms with Crippen molar-refractivity contribution in [3.05, 3.63) is 53.1 Å². The number of benzene rings is 2. The Balaban J connectivity index is 1.61. The first-order valence-electron chi connectivity index (χ1n) is 14.4. The highest BCUT2D eigenvalue weighted by atomic mass is 32.2. The fourth-order valence-electron chi connectivity index (χ4n) is 5.60. The van der Waals surface area contributed by atoms with Gasteiger partial charge in [0.05, 0.1) is 12.9 Å². The van der Waals surface area contributed by atoms with Crippen LogP contribution in [-0.2, 0) is 29.2 Å². The molecule has 11 nitrogen and oxygen atoms in total. The van der Waals surface area contributed by atoms with Crippen LogP contribution in [0.2, 0.25) is 0 Å². The van der Waals surface area contributed by atoms with Crippen LogP contribution < -0.4 is 14.0 Å². The van der Waals surface area contributed by atoms with Crippen molar-refractivity contribution < 1.29 is 29.9 Å². The van der Waals surface area contributed by atoms with Crippen molar-refractivity contribution in [2.24, 2.45) is 0 Å². The highest BCUT2D eigenvalue weighted by Gasteiger charge is 2.37. The second-order valence-electron chi connectivity index (χ2n) is 10.8. The summed E-state index contributed by atoms with van der Waals surface area (Å²) in [5, 5.41) is 0. The molecule has 4 rings (SSSR count). The van der Waals surface area contributed by atoms with Crippen LogP contribution in [0.3, 0.4) is 0 Å². The van der Waals surface area contributed by atoms with Gasteiger partial charge in [-0.1, -0.05) is 25.1 Å². The van der Waals surface area contributed by atoms with Gasteiger partial charge in [0.2, 0.25) is 5.44 Å². The maximum atomic E-state index is 13.8. The predicted octanol–water partition coefficient (Wildman–Crippen LogP) is 2.60. The van der Waals surface area contributed by atoms with E-state index < -0.39 is 25.7 Å². The lowest BCUT2D eigenvalue weighted by Crippen LogP contribution is -2.47. The van der Waals surface area contributed by atoms with Crippen LogP contribution in [-0.4, -0.2) is 112 Å². The van der Waals surface area contributed by atoms with E-state index in [-0.39, 0.29) is 11.3 Å². The molecule has 0 aromatic heterocycles. The first-order valence-corrected chi connectivity index (χ1v) is 17.7. The second kappa shape index (κ2) is 13.9. The van der Waals surface area contributed by atoms with Gasteiger partial charge >= 0.3 is 10.1 Å². The van der Waals surface area contributed by atoms with Gasteiger partial charge < -0.3 is 23.6 Å². The minimum absolute atomic E-state index is 0.147. The third-order valence-corrected chi connectivity index (χ3v) is 10.0. The molecule has 2 aliphatic rings. The average molecular weight is 625 g/mol. The van der Waals surface area contributed by atoms with Crippen LogP contribution in [0.15, 0.2) is 36.4 Å². The Morgan fingerprint density at radius 2 is 1.33 bits per heavy atom. The Morgan fingerprint density at radius 1 is 0.786 bits per heavy atom. The topological polar surface area (TPSA) is 109 Å². The summed E-state index contributed by atoms with van der Waals surface area (Å²) in [6, 6.07) is 10.5. The summed E-state index contributed by atoms with van der Waals surface area (Å²) < 4.78 is 68.4. The van der Waals surface area contributed by atoms with Crippen molar-refractivity contribution in [3.8, 4) is 5.75 Å². The van der Waals surface area contributed by atoms with Crippen LogP contribution in [0.4, 0.5) is 11.4 Å². The van der Waals surface area contributed by atoms with Crippen molar-refractivity contribution in [1.29, 1.82) is 0 Å². The van der Waals surface area contributed by atoms with Crippen LogP contribution in [0.5, 0.6) is 5.75 Å². The van der Waals surface area contributed by atoms with Crippen LogP contribution in [0.1, 0.15) is 29.1 Å². The van der Waals surface area contributed by atoms with E-state index in [1.54, 1.807) is 38.3 Å². The van der Waals surface area contributed by atoms with Crippen LogP contribution in [0.25, 0.3) is 0 Å². The molecule has 0 aliphatic carbocycles. The zero-order valence-corrected chi connectivity index (χ0v) is 26.9. The Hall–Kier alpha value is -2.42. The fraction of sp³-hybridized carbons (Fsp3) is 0.586. The van der Waals surface area contributed by atoms with E-state index in [1.165, 1.54) is 0 Å². The van der Waals surface area contributed by atoms with Gasteiger partial charge in [0.15, 0.2) is 0 Å². The molecule has 2 fully saturated rings. The van der Waals surface area contributed by atoms with Gasteiger partial charge in [-0.15, -0.1) is 0 Å². The summed E-state index contributed by atoms with van der Waals surface area (Å²) >= 11 is 0. The Labute approximate surface area is 251 Å². The van der Waals surface area contributed by atoms with Crippen LogP contribution in [0, 0.1) is 13.8 Å². The van der Waals surface area contributed by atoms with Gasteiger partial charge in [0.25, 0.3) is 10.1 Å². The molecule has 0 bridgehead atoms. The first-order chi connectivity index (χ1) is 19.9. The Bertz CT molecular complexity index is 1420. The highest BCUT2D eigenvalue weighted by molar-refractivity contribution is 7.89. The summed E-state index contributed by atoms with van der Waals surface area (Å²) in [7, 11) is -7.08. The SMILES string of the molecule is CCN1CCN(c2cccc(OS(=O)(=O)C(OS(C)(=O)=O)c3cccc(N4CCN(CCOC)CC4)c3C)c2C)CC1. The minimum atomic E-state index is -4.60. The number of likely N-dealkylation sites (N-methyl/N-ethyl adjacent to an activating group) is 1. The summed E-state index contributed by atoms with van der Waals surface area (Å²) in [5.74, 6) is 0.147. The molecular formula is C29H44N4O7S2. The lowest BCUT2D eigenvalue weighted by molar-refractivity contribution is 0.144. The number of hydrogen-bond acceptors (Lipinski definition) is 11. The average Bonchev–Trinajstić information content (AvgIpc) is 2.96. The third kappa shape index (κ3) is 7.94. The molecule has 13 heteroatoms. The van der Waals surface area contributed by atoms with Gasteiger partial charge in [0, 0.05) is 88.5 Å². The lowest BCUT2D eigenvalue weighted by Gasteiger charge is -2.37. The standard InChI is InChI=1S/C29H44N4O7S2/c1-6-30-13-17-33(18-14-30)27-11-8-12-28(24(27)3)39-42(36,37)29(40-41(5,34)35)25-9-7-10-26(23(25)2)32-19-15-31(16-20-32)21-22-38-4/h7-12,29H,6,13-22H2,1-5H3. The molecule has 2 saturated heterocycles. The number of hydrogen-bond donors (Lipinski definition) is 0. The molecule has 0 N–H and O–H groups in total. The molecule has 0 saturated carbocycles. The molecule has 0 spiro atoms. The van der Waals surface area contributed by atoms with Crippen LogP contribution >= 0.6 is 0 Å². The van der Waals surface area contributed by atoms with Gasteiger partial charge in [0.1, 0.15) is 5.75 Å². The zero-order chi connectivity index (χ0) is 30.5. The number of ether oxygens (including phenoxy) is 1. The lowest BCUT2D eigenvalue weighted by atomic mass is 10.1. The third-order valence-electron chi connectivity index (χ3n) is 8.07. The van der Waals surface area contributed by atoms with E-state index >= 15 is 0 Å². The van der Waals surface area contributed by atoms with Gasteiger partial charge in [-0.25, -0.2) is 4.18 Å². The predicted molar refractivity (Wildman–Crippen MR) is 165 cm³/mol. The van der Waals surface area contributed by atoms with Gasteiger partial charge in [-0.05, 0) is 44.2 Å². The van der Waals surface area contributed by atoms with Crippen molar-refractivity contribution >= 4 is 31.6 Å². The molecule has 0 radical (unpaired) electrons. The van der Waals surface area contributed by atoms with E-state index in [0.717, 1.165) is 83.1 Å². The van der Waals surface area contributed by atoms with E-state index in [1.807, 2.05) is 19.1 Å². The van der Waals surface area contributed by atoms with Crippen molar-refractivity contribution in [2.75, 3.05) is 95.2 Å². The molecule has 0 amide bonds. The maximum Gasteiger partial charge on any atom is 0.342 e. The second-order valence-corrected chi connectivity index (χ2v) is 14.0. The first kappa shape index (κ1) is 32.5. The number of nitrogens with zero attached hydrogens (tertiary/aromatic N) is 4. The Morgan fingerprint density at radius 3 is 1.88 bits per heavy atom. The zero-order valence-electron chi connectivity index (χ0n) is 25.3. The monoisotopic (exact) mass is 624 g/mol. The summed E-state index contributed by atoms with van der Waals surface area (Å²) in [6.45, 7) is 14.9. The molecule has 1 unspecified atom stereocenters. The summed E-state index contributed by atoms with van der Waals surface area (Å²) in [6.07, 6.45) is 0.843. The molecule has 234 valence electrons. The summed E-state index contributed by atoms with van der Waals surface area (Å²) in [5.41, 5.74) is 1.38. The Kier molecular flexibility index (Phi) is 10.8. The fourth-order valence-corrected chi connectivity index (χ4v) is 7.91. The van der Waals surface area contributed by atoms with Crippen molar-refractivity contribution in [2.45, 2.75) is 26.2 Å². The molecule has 2 heterocycles. The smallest absolute Gasteiger partial charge is 0.342 e. The van der Waals surface area contributed by atoms with E-state index in [2.05, 4.69) is 26.5 Å². The molecule has 2 aliphatic heterocycles. The molecule has 42 heavy (non-hydrogen) atoms. The summed E-state index contributed by atoms with van der Waals surface area (Å²) in [4.78, 5) is 9.07. The number of piperazine rings is 2. The van der Waals surface area contributed by atoms with Gasteiger partial charge in [-0.3, -0.25) is 4.90 Å². The largest absolute Gasteiger partial charge is 0.383 e. The highest BCUT2D eigenvalue weighted by Crippen LogP contribution is 2.37. The van der Waals surface area contributed by atoms with Crippen molar-refractivity contribution in [1.82, 2.24) is 9.80 Å². The minimum Gasteiger partial charge on any atom is -0.383 e.